The molecule has 1 amide bonds. The van der Waals surface area contributed by atoms with E-state index < -0.39 is 12.0 Å². The first-order valence-corrected chi connectivity index (χ1v) is 7.63. The third-order valence-corrected chi connectivity index (χ3v) is 4.01. The molecule has 2 heterocycles. The number of imidazole rings is 1. The number of rotatable bonds is 6. The second-order valence-corrected chi connectivity index (χ2v) is 5.79. The predicted molar refractivity (Wildman–Crippen MR) is 81.3 cm³/mol. The quantitative estimate of drug-likeness (QED) is 0.844. The normalized spacial score (nSPS) is 12.3. The van der Waals surface area contributed by atoms with Crippen molar-refractivity contribution in [3.05, 3.63) is 35.8 Å². The maximum absolute atomic E-state index is 11.0. The molecule has 112 valence electrons. The Hall–Kier alpha value is -2.02. The SMILES string of the molecule is CC(=O)N[C@@H](CSCc1cn2cccc(C)c2n1)C(=O)O. The molecule has 0 fully saturated rings. The molecule has 6 nitrogen and oxygen atoms in total. The zero-order valence-corrected chi connectivity index (χ0v) is 12.7. The van der Waals surface area contributed by atoms with Gasteiger partial charge in [-0.3, -0.25) is 4.79 Å². The van der Waals surface area contributed by atoms with Crippen LogP contribution in [0.3, 0.4) is 0 Å². The summed E-state index contributed by atoms with van der Waals surface area (Å²) in [6.45, 7) is 3.31. The molecule has 2 aromatic rings. The molecule has 0 aliphatic rings. The van der Waals surface area contributed by atoms with Crippen molar-refractivity contribution in [3.8, 4) is 0 Å². The van der Waals surface area contributed by atoms with Crippen LogP contribution < -0.4 is 5.32 Å². The smallest absolute Gasteiger partial charge is 0.327 e. The number of amides is 1. The first-order chi connectivity index (χ1) is 9.97. The number of fused-ring (bicyclic) bond motifs is 1. The van der Waals surface area contributed by atoms with Crippen LogP contribution in [0.2, 0.25) is 0 Å². The Kier molecular flexibility index (Phi) is 4.85. The van der Waals surface area contributed by atoms with E-state index in [-0.39, 0.29) is 5.91 Å². The van der Waals surface area contributed by atoms with Gasteiger partial charge in [-0.1, -0.05) is 6.07 Å². The van der Waals surface area contributed by atoms with Gasteiger partial charge in [-0.05, 0) is 18.6 Å². The summed E-state index contributed by atoms with van der Waals surface area (Å²) in [5.74, 6) is -0.457. The van der Waals surface area contributed by atoms with Crippen LogP contribution in [-0.2, 0) is 15.3 Å². The first-order valence-electron chi connectivity index (χ1n) is 6.48. The van der Waals surface area contributed by atoms with Gasteiger partial charge in [0.05, 0.1) is 5.69 Å². The summed E-state index contributed by atoms with van der Waals surface area (Å²) in [5, 5.41) is 11.4. The Bertz CT molecular complexity index is 669. The van der Waals surface area contributed by atoms with Gasteiger partial charge in [0.15, 0.2) is 0 Å². The molecule has 0 spiro atoms. The lowest BCUT2D eigenvalue weighted by atomic mass is 10.3. The molecule has 1 atom stereocenters. The highest BCUT2D eigenvalue weighted by molar-refractivity contribution is 7.98. The molecule has 21 heavy (non-hydrogen) atoms. The number of hydrogen-bond donors (Lipinski definition) is 2. The van der Waals surface area contributed by atoms with E-state index in [2.05, 4.69) is 10.3 Å². The molecule has 0 aliphatic carbocycles. The van der Waals surface area contributed by atoms with Crippen molar-refractivity contribution in [2.24, 2.45) is 0 Å². The van der Waals surface area contributed by atoms with Crippen molar-refractivity contribution in [1.82, 2.24) is 14.7 Å². The topological polar surface area (TPSA) is 83.7 Å². The molecule has 0 bridgehead atoms. The predicted octanol–water partition coefficient (Wildman–Crippen LogP) is 1.47. The average molecular weight is 307 g/mol. The maximum Gasteiger partial charge on any atom is 0.327 e. The second kappa shape index (κ2) is 6.62. The van der Waals surface area contributed by atoms with E-state index in [9.17, 15) is 9.59 Å². The number of nitrogens with zero attached hydrogens (tertiary/aromatic N) is 2. The number of thioether (sulfide) groups is 1. The van der Waals surface area contributed by atoms with E-state index in [0.717, 1.165) is 16.9 Å². The number of aliphatic carboxylic acids is 1. The summed E-state index contributed by atoms with van der Waals surface area (Å²) in [7, 11) is 0. The lowest BCUT2D eigenvalue weighted by Gasteiger charge is -2.11. The minimum Gasteiger partial charge on any atom is -0.480 e. The summed E-state index contributed by atoms with van der Waals surface area (Å²) in [4.78, 5) is 26.5. The van der Waals surface area contributed by atoms with Crippen molar-refractivity contribution in [1.29, 1.82) is 0 Å². The molecule has 0 aromatic carbocycles. The number of carbonyl (C=O) groups is 2. The van der Waals surface area contributed by atoms with Crippen LogP contribution in [0.5, 0.6) is 0 Å². The monoisotopic (exact) mass is 307 g/mol. The highest BCUT2D eigenvalue weighted by Gasteiger charge is 2.18. The number of nitrogens with one attached hydrogen (secondary N) is 1. The lowest BCUT2D eigenvalue weighted by molar-refractivity contribution is -0.140. The molecule has 0 unspecified atom stereocenters. The van der Waals surface area contributed by atoms with Crippen molar-refractivity contribution < 1.29 is 14.7 Å². The number of carboxylic acids is 1. The van der Waals surface area contributed by atoms with Crippen LogP contribution in [0.15, 0.2) is 24.5 Å². The molecular formula is C14H17N3O3S. The minimum absolute atomic E-state index is 0.307. The highest BCUT2D eigenvalue weighted by Crippen LogP contribution is 2.15. The van der Waals surface area contributed by atoms with E-state index in [4.69, 9.17) is 5.11 Å². The lowest BCUT2D eigenvalue weighted by Crippen LogP contribution is -2.41. The van der Waals surface area contributed by atoms with Crippen LogP contribution in [0.1, 0.15) is 18.2 Å². The van der Waals surface area contributed by atoms with Gasteiger partial charge in [-0.2, -0.15) is 11.8 Å². The van der Waals surface area contributed by atoms with Gasteiger partial charge in [0.25, 0.3) is 0 Å². The van der Waals surface area contributed by atoms with Crippen LogP contribution in [0.4, 0.5) is 0 Å². The van der Waals surface area contributed by atoms with E-state index in [1.807, 2.05) is 35.9 Å². The number of carboxylic acid groups (broad SMARTS) is 1. The highest BCUT2D eigenvalue weighted by atomic mass is 32.2. The molecule has 2 N–H and O–H groups in total. The molecule has 0 aliphatic heterocycles. The molecule has 7 heteroatoms. The van der Waals surface area contributed by atoms with E-state index >= 15 is 0 Å². The van der Waals surface area contributed by atoms with Crippen LogP contribution in [0.25, 0.3) is 5.65 Å². The van der Waals surface area contributed by atoms with Gasteiger partial charge < -0.3 is 14.8 Å². The third-order valence-electron chi connectivity index (χ3n) is 2.94. The number of carbonyl (C=O) groups excluding carboxylic acids is 1. The van der Waals surface area contributed by atoms with E-state index in [1.54, 1.807) is 0 Å². The number of aromatic nitrogens is 2. The van der Waals surface area contributed by atoms with Crippen molar-refractivity contribution in [2.75, 3.05) is 5.75 Å². The molecule has 0 radical (unpaired) electrons. The zero-order chi connectivity index (χ0) is 15.4. The molecular weight excluding hydrogens is 290 g/mol. The average Bonchev–Trinajstić information content (AvgIpc) is 2.81. The molecule has 2 rings (SSSR count). The van der Waals surface area contributed by atoms with E-state index in [0.29, 0.717) is 11.5 Å². The van der Waals surface area contributed by atoms with Gasteiger partial charge in [0, 0.05) is 30.8 Å². The number of aryl methyl sites for hydroxylation is 1. The number of hydrogen-bond acceptors (Lipinski definition) is 4. The van der Waals surface area contributed by atoms with Crippen LogP contribution in [0, 0.1) is 6.92 Å². The Morgan fingerprint density at radius 2 is 2.29 bits per heavy atom. The molecule has 0 saturated heterocycles. The second-order valence-electron chi connectivity index (χ2n) is 4.76. The van der Waals surface area contributed by atoms with Gasteiger partial charge in [-0.25, -0.2) is 9.78 Å². The summed E-state index contributed by atoms with van der Waals surface area (Å²) in [5.41, 5.74) is 2.89. The fourth-order valence-electron chi connectivity index (χ4n) is 1.98. The van der Waals surface area contributed by atoms with Crippen molar-refractivity contribution in [2.45, 2.75) is 25.6 Å². The largest absolute Gasteiger partial charge is 0.480 e. The number of pyridine rings is 1. The standard InChI is InChI=1S/C14H17N3O3S/c1-9-4-3-5-17-6-11(16-13(9)17)7-21-8-12(14(19)20)15-10(2)18/h3-6,12H,7-8H2,1-2H3,(H,15,18)(H,19,20)/t12-/m0/s1. The fraction of sp³-hybridized carbons (Fsp3) is 0.357. The zero-order valence-electron chi connectivity index (χ0n) is 11.9. The van der Waals surface area contributed by atoms with Gasteiger partial charge in [-0.15, -0.1) is 0 Å². The summed E-state index contributed by atoms with van der Waals surface area (Å²) < 4.78 is 1.95. The fourth-order valence-corrected chi connectivity index (χ4v) is 2.90. The van der Waals surface area contributed by atoms with Crippen molar-refractivity contribution >= 4 is 29.3 Å². The van der Waals surface area contributed by atoms with Gasteiger partial charge in [0.2, 0.25) is 5.91 Å². The summed E-state index contributed by atoms with van der Waals surface area (Å²) in [6.07, 6.45) is 3.87. The molecule has 0 saturated carbocycles. The van der Waals surface area contributed by atoms with Gasteiger partial charge in [0.1, 0.15) is 11.7 Å². The summed E-state index contributed by atoms with van der Waals surface area (Å²) >= 11 is 1.43. The summed E-state index contributed by atoms with van der Waals surface area (Å²) in [6, 6.07) is 3.08. The van der Waals surface area contributed by atoms with Crippen molar-refractivity contribution in [3.63, 3.8) is 0 Å². The van der Waals surface area contributed by atoms with Gasteiger partial charge >= 0.3 is 5.97 Å². The Morgan fingerprint density at radius 1 is 1.52 bits per heavy atom. The molecule has 2 aromatic heterocycles. The Labute approximate surface area is 126 Å². The minimum atomic E-state index is -1.02. The maximum atomic E-state index is 11.0. The Balaban J connectivity index is 1.96. The third kappa shape index (κ3) is 3.98. The van der Waals surface area contributed by atoms with E-state index in [1.165, 1.54) is 18.7 Å². The first kappa shape index (κ1) is 15.4. The Morgan fingerprint density at radius 3 is 2.90 bits per heavy atom. The van der Waals surface area contributed by atoms with Crippen LogP contribution in [-0.4, -0.2) is 38.2 Å². The van der Waals surface area contributed by atoms with Crippen LogP contribution >= 0.6 is 11.8 Å².